The Morgan fingerprint density at radius 2 is 1.71 bits per heavy atom. The van der Waals surface area contributed by atoms with Gasteiger partial charge in [0.2, 0.25) is 0 Å². The molecule has 0 spiro atoms. The van der Waals surface area contributed by atoms with E-state index in [4.69, 9.17) is 19.3 Å². The Balaban J connectivity index is 2.05. The maximum absolute atomic E-state index is 9.47. The Labute approximate surface area is 209 Å². The Morgan fingerprint density at radius 1 is 1.09 bits per heavy atom. The zero-order chi connectivity index (χ0) is 26.4. The molecule has 0 bridgehead atoms. The summed E-state index contributed by atoms with van der Waals surface area (Å²) < 4.78 is 21.7. The van der Waals surface area contributed by atoms with E-state index in [-0.39, 0.29) is 15.9 Å². The molecule has 1 aliphatic heterocycles. The Bertz CT molecular complexity index is 1100. The lowest BCUT2D eigenvalue weighted by atomic mass is 10.1. The molecule has 3 rings (SSSR count). The van der Waals surface area contributed by atoms with Gasteiger partial charge >= 0.3 is 0 Å². The van der Waals surface area contributed by atoms with Crippen molar-refractivity contribution in [2.45, 2.75) is 102 Å². The standard InChI is InChI=1S/C22H40N8O3Si2/c1-21(2,3)34(7,8)31-11-14-15(28-29-24)17(33-35(9,10)22(4,5)6)20(32-14)30-13-27-16-18(23)25-12-26-19(16)30/h12-15,17,20H,11H2,1-10H3,(H2,23,25,26). The minimum atomic E-state index is -2.28. The van der Waals surface area contributed by atoms with Crippen molar-refractivity contribution in [2.24, 2.45) is 5.11 Å². The van der Waals surface area contributed by atoms with Crippen LogP contribution in [0.4, 0.5) is 5.82 Å². The number of hydrogen-bond donors (Lipinski definition) is 1. The van der Waals surface area contributed by atoms with Gasteiger partial charge in [0, 0.05) is 4.91 Å². The van der Waals surface area contributed by atoms with Crippen LogP contribution in [-0.2, 0) is 13.6 Å². The topological polar surface area (TPSA) is 146 Å². The summed E-state index contributed by atoms with van der Waals surface area (Å²) in [5.74, 6) is 0.290. The van der Waals surface area contributed by atoms with E-state index in [2.05, 4.69) is 92.7 Å². The lowest BCUT2D eigenvalue weighted by molar-refractivity contribution is -0.0445. The van der Waals surface area contributed by atoms with Gasteiger partial charge in [-0.15, -0.1) is 0 Å². The number of nitrogen functional groups attached to an aromatic ring is 1. The maximum atomic E-state index is 9.47. The molecule has 0 radical (unpaired) electrons. The number of anilines is 1. The first-order valence-corrected chi connectivity index (χ1v) is 17.8. The molecule has 0 aliphatic carbocycles. The first-order chi connectivity index (χ1) is 16.0. The van der Waals surface area contributed by atoms with Gasteiger partial charge < -0.3 is 19.3 Å². The lowest BCUT2D eigenvalue weighted by Crippen LogP contribution is -2.49. The number of hydrogen-bond acceptors (Lipinski definition) is 8. The number of aromatic nitrogens is 4. The molecule has 0 amide bonds. The minimum absolute atomic E-state index is 0.0328. The quantitative estimate of drug-likeness (QED) is 0.222. The smallest absolute Gasteiger partial charge is 0.192 e. The number of imidazole rings is 1. The van der Waals surface area contributed by atoms with Crippen LogP contribution in [0.15, 0.2) is 17.8 Å². The first kappa shape index (κ1) is 27.6. The third-order valence-electron chi connectivity index (χ3n) is 7.81. The zero-order valence-electron chi connectivity index (χ0n) is 22.6. The van der Waals surface area contributed by atoms with Crippen molar-refractivity contribution in [3.05, 3.63) is 23.1 Å². The van der Waals surface area contributed by atoms with Crippen LogP contribution in [0, 0.1) is 0 Å². The van der Waals surface area contributed by atoms with Crippen LogP contribution < -0.4 is 5.73 Å². The number of nitrogens with zero attached hydrogens (tertiary/aromatic N) is 7. The van der Waals surface area contributed by atoms with Gasteiger partial charge in [-0.3, -0.25) is 4.57 Å². The molecule has 11 nitrogen and oxygen atoms in total. The summed E-state index contributed by atoms with van der Waals surface area (Å²) in [6.07, 6.45) is 1.38. The molecule has 1 aliphatic rings. The summed E-state index contributed by atoms with van der Waals surface area (Å²) in [4.78, 5) is 16.0. The lowest BCUT2D eigenvalue weighted by Gasteiger charge is -2.40. The van der Waals surface area contributed by atoms with E-state index in [1.807, 2.05) is 0 Å². The molecule has 2 aromatic rings. The zero-order valence-corrected chi connectivity index (χ0v) is 24.6. The van der Waals surface area contributed by atoms with Gasteiger partial charge in [0.1, 0.15) is 17.9 Å². The minimum Gasteiger partial charge on any atom is -0.414 e. The largest absolute Gasteiger partial charge is 0.414 e. The van der Waals surface area contributed by atoms with Crippen LogP contribution in [0.3, 0.4) is 0 Å². The third kappa shape index (κ3) is 5.39. The van der Waals surface area contributed by atoms with Crippen molar-refractivity contribution in [3.8, 4) is 0 Å². The van der Waals surface area contributed by atoms with Crippen LogP contribution >= 0.6 is 0 Å². The molecule has 194 valence electrons. The fraction of sp³-hybridized carbons (Fsp3) is 0.773. The van der Waals surface area contributed by atoms with Gasteiger partial charge in [0.15, 0.2) is 34.3 Å². The average Bonchev–Trinajstić information content (AvgIpc) is 3.28. The van der Waals surface area contributed by atoms with Crippen LogP contribution in [0.1, 0.15) is 47.8 Å². The number of ether oxygens (including phenoxy) is 1. The SMILES string of the molecule is CC(C)(C)[Si](C)(C)OCC1OC(n2cnc3c(N)ncnc32)C(O[Si](C)(C)C(C)(C)C)C1N=[N+]=[N-]. The second-order valence-electron chi connectivity index (χ2n) is 12.3. The van der Waals surface area contributed by atoms with Gasteiger partial charge in [-0.1, -0.05) is 46.7 Å². The van der Waals surface area contributed by atoms with Crippen molar-refractivity contribution in [1.29, 1.82) is 0 Å². The predicted octanol–water partition coefficient (Wildman–Crippen LogP) is 5.40. The molecule has 4 atom stereocenters. The highest BCUT2D eigenvalue weighted by Gasteiger charge is 2.51. The molecule has 2 aromatic heterocycles. The number of nitrogens with two attached hydrogens (primary N) is 1. The Hall–Kier alpha value is -2.03. The summed E-state index contributed by atoms with van der Waals surface area (Å²) in [5.41, 5.74) is 16.5. The highest BCUT2D eigenvalue weighted by atomic mass is 28.4. The molecule has 0 saturated carbocycles. The van der Waals surface area contributed by atoms with E-state index in [0.717, 1.165) is 0 Å². The van der Waals surface area contributed by atoms with Crippen LogP contribution in [-0.4, -0.2) is 61.0 Å². The highest BCUT2D eigenvalue weighted by molar-refractivity contribution is 6.74. The molecular formula is C22H40N8O3Si2. The summed E-state index contributed by atoms with van der Waals surface area (Å²) in [5, 5.41) is 4.15. The second kappa shape index (κ2) is 9.45. The number of rotatable bonds is 7. The van der Waals surface area contributed by atoms with E-state index in [1.165, 1.54) is 6.33 Å². The Kier molecular flexibility index (Phi) is 7.44. The van der Waals surface area contributed by atoms with Gasteiger partial charge in [0.25, 0.3) is 0 Å². The molecule has 1 saturated heterocycles. The molecule has 13 heteroatoms. The fourth-order valence-electron chi connectivity index (χ4n) is 3.49. The van der Waals surface area contributed by atoms with Gasteiger partial charge in [0.05, 0.1) is 25.1 Å². The Morgan fingerprint density at radius 3 is 2.29 bits per heavy atom. The van der Waals surface area contributed by atoms with Crippen LogP contribution in [0.2, 0.25) is 36.3 Å². The van der Waals surface area contributed by atoms with Crippen molar-refractivity contribution in [2.75, 3.05) is 12.3 Å². The van der Waals surface area contributed by atoms with Crippen LogP contribution in [0.5, 0.6) is 0 Å². The fourth-order valence-corrected chi connectivity index (χ4v) is 5.79. The van der Waals surface area contributed by atoms with Gasteiger partial charge in [-0.2, -0.15) is 0 Å². The van der Waals surface area contributed by atoms with Crippen molar-refractivity contribution in [1.82, 2.24) is 19.5 Å². The maximum Gasteiger partial charge on any atom is 0.192 e. The molecule has 4 unspecified atom stereocenters. The van der Waals surface area contributed by atoms with Crippen molar-refractivity contribution >= 4 is 33.6 Å². The average molecular weight is 521 g/mol. The normalized spacial score (nSPS) is 24.1. The van der Waals surface area contributed by atoms with Gasteiger partial charge in [-0.05, 0) is 41.8 Å². The van der Waals surface area contributed by atoms with E-state index in [0.29, 0.717) is 17.8 Å². The first-order valence-electron chi connectivity index (χ1n) is 11.9. The molecule has 2 N–H and O–H groups in total. The number of fused-ring (bicyclic) bond motifs is 1. The highest BCUT2D eigenvalue weighted by Crippen LogP contribution is 2.44. The van der Waals surface area contributed by atoms with Gasteiger partial charge in [-0.25, -0.2) is 15.0 Å². The molecule has 1 fully saturated rings. The van der Waals surface area contributed by atoms with E-state index < -0.39 is 41.1 Å². The van der Waals surface area contributed by atoms with E-state index in [1.54, 1.807) is 10.9 Å². The molecule has 0 aromatic carbocycles. The molecule has 3 heterocycles. The summed E-state index contributed by atoms with van der Waals surface area (Å²) in [6.45, 7) is 22.1. The summed E-state index contributed by atoms with van der Waals surface area (Å²) in [7, 11) is -4.35. The van der Waals surface area contributed by atoms with E-state index >= 15 is 0 Å². The predicted molar refractivity (Wildman–Crippen MR) is 142 cm³/mol. The number of azide groups is 1. The second-order valence-corrected chi connectivity index (χ2v) is 21.8. The molecular weight excluding hydrogens is 480 g/mol. The monoisotopic (exact) mass is 520 g/mol. The third-order valence-corrected chi connectivity index (χ3v) is 16.8. The summed E-state index contributed by atoms with van der Waals surface area (Å²) in [6, 6.07) is -0.583. The van der Waals surface area contributed by atoms with Crippen molar-refractivity contribution in [3.63, 3.8) is 0 Å². The van der Waals surface area contributed by atoms with E-state index in [9.17, 15) is 5.53 Å². The molecule has 35 heavy (non-hydrogen) atoms. The van der Waals surface area contributed by atoms with Crippen LogP contribution in [0.25, 0.3) is 21.6 Å². The van der Waals surface area contributed by atoms with Crippen molar-refractivity contribution < 1.29 is 13.6 Å². The summed E-state index contributed by atoms with van der Waals surface area (Å²) >= 11 is 0.